The summed E-state index contributed by atoms with van der Waals surface area (Å²) in [5.74, 6) is 0. The molecule has 0 aliphatic heterocycles. The summed E-state index contributed by atoms with van der Waals surface area (Å²) in [5.41, 5.74) is 3.33. The Bertz CT molecular complexity index is 468. The molecule has 0 atom stereocenters. The Morgan fingerprint density at radius 3 is 2.38 bits per heavy atom. The van der Waals surface area contributed by atoms with Gasteiger partial charge >= 0.3 is 0 Å². The van der Waals surface area contributed by atoms with E-state index in [1.54, 1.807) is 0 Å². The Hall–Kier alpha value is -1.83. The molecular formula is C14H15NO. The maximum Gasteiger partial charge on any atom is 0.151 e. The molecule has 2 heteroatoms. The highest BCUT2D eigenvalue weighted by molar-refractivity contribution is 5.74. The topological polar surface area (TPSA) is 22.0 Å². The molecule has 0 bridgehead atoms. The van der Waals surface area contributed by atoms with Gasteiger partial charge in [-0.3, -0.25) is 4.79 Å². The van der Waals surface area contributed by atoms with Gasteiger partial charge in [-0.1, -0.05) is 31.2 Å². The maximum absolute atomic E-state index is 10.5. The Labute approximate surface area is 95.5 Å². The number of benzene rings is 1. The fraction of sp³-hybridized carbons (Fsp3) is 0.214. The summed E-state index contributed by atoms with van der Waals surface area (Å²) in [7, 11) is 0. The van der Waals surface area contributed by atoms with Crippen LogP contribution in [0.15, 0.2) is 42.7 Å². The molecule has 0 fully saturated rings. The van der Waals surface area contributed by atoms with Gasteiger partial charge in [0.15, 0.2) is 6.29 Å². The van der Waals surface area contributed by atoms with Crippen molar-refractivity contribution in [1.29, 1.82) is 0 Å². The Balaban J connectivity index is 2.10. The summed E-state index contributed by atoms with van der Waals surface area (Å²) in [6.45, 7) is 2.97. The molecule has 2 aromatic rings. The second kappa shape index (κ2) is 4.79. The van der Waals surface area contributed by atoms with Crippen LogP contribution in [0.4, 0.5) is 0 Å². The van der Waals surface area contributed by atoms with E-state index in [-0.39, 0.29) is 0 Å². The molecule has 0 saturated heterocycles. The molecule has 2 rings (SSSR count). The molecule has 0 saturated carbocycles. The number of aldehydes is 1. The minimum atomic E-state index is 0.727. The van der Waals surface area contributed by atoms with Gasteiger partial charge in [0.1, 0.15) is 0 Å². The molecule has 0 aliphatic carbocycles. The smallest absolute Gasteiger partial charge is 0.151 e. The zero-order valence-electron chi connectivity index (χ0n) is 9.39. The average Bonchev–Trinajstić information content (AvgIpc) is 2.78. The number of nitrogens with zero attached hydrogens (tertiary/aromatic N) is 1. The number of rotatable bonds is 4. The van der Waals surface area contributed by atoms with Crippen molar-refractivity contribution in [1.82, 2.24) is 4.57 Å². The van der Waals surface area contributed by atoms with Crippen molar-refractivity contribution in [3.05, 3.63) is 59.4 Å². The van der Waals surface area contributed by atoms with Gasteiger partial charge < -0.3 is 4.57 Å². The zero-order chi connectivity index (χ0) is 11.4. The summed E-state index contributed by atoms with van der Waals surface area (Å²) >= 11 is 0. The predicted molar refractivity (Wildman–Crippen MR) is 64.7 cm³/mol. The molecule has 1 heterocycles. The van der Waals surface area contributed by atoms with Crippen molar-refractivity contribution >= 4 is 6.29 Å². The molecule has 82 valence electrons. The number of aryl methyl sites for hydroxylation is 1. The molecule has 0 N–H and O–H groups in total. The van der Waals surface area contributed by atoms with Crippen LogP contribution in [-0.4, -0.2) is 10.9 Å². The quantitative estimate of drug-likeness (QED) is 0.716. The highest BCUT2D eigenvalue weighted by Crippen LogP contribution is 2.08. The predicted octanol–water partition coefficient (Wildman–Crippen LogP) is 2.91. The van der Waals surface area contributed by atoms with E-state index in [0.29, 0.717) is 0 Å². The van der Waals surface area contributed by atoms with E-state index < -0.39 is 0 Å². The Kier molecular flexibility index (Phi) is 3.20. The fourth-order valence-corrected chi connectivity index (χ4v) is 1.72. The summed E-state index contributed by atoms with van der Waals surface area (Å²) in [6, 6.07) is 10.4. The lowest BCUT2D eigenvalue weighted by molar-refractivity contribution is 0.112. The van der Waals surface area contributed by atoms with Crippen LogP contribution < -0.4 is 0 Å². The first-order valence-electron chi connectivity index (χ1n) is 5.50. The van der Waals surface area contributed by atoms with E-state index in [1.807, 2.05) is 23.0 Å². The highest BCUT2D eigenvalue weighted by atomic mass is 16.1. The lowest BCUT2D eigenvalue weighted by Crippen LogP contribution is -1.96. The lowest BCUT2D eigenvalue weighted by atomic mass is 10.1. The van der Waals surface area contributed by atoms with Gasteiger partial charge in [0, 0.05) is 24.5 Å². The van der Waals surface area contributed by atoms with Gasteiger partial charge in [0.25, 0.3) is 0 Å². The summed E-state index contributed by atoms with van der Waals surface area (Å²) < 4.78 is 2.02. The highest BCUT2D eigenvalue weighted by Gasteiger charge is 1.97. The minimum absolute atomic E-state index is 0.727. The Morgan fingerprint density at radius 2 is 1.81 bits per heavy atom. The van der Waals surface area contributed by atoms with Gasteiger partial charge in [-0.2, -0.15) is 0 Å². The number of aromatic nitrogens is 1. The number of carbonyl (C=O) groups is 1. The molecule has 0 spiro atoms. The van der Waals surface area contributed by atoms with Gasteiger partial charge in [0.05, 0.1) is 0 Å². The van der Waals surface area contributed by atoms with Gasteiger partial charge in [0.2, 0.25) is 0 Å². The summed E-state index contributed by atoms with van der Waals surface area (Å²) in [5, 5.41) is 0. The van der Waals surface area contributed by atoms with Crippen molar-refractivity contribution in [2.24, 2.45) is 0 Å². The zero-order valence-corrected chi connectivity index (χ0v) is 9.39. The second-order valence-corrected chi connectivity index (χ2v) is 3.91. The monoisotopic (exact) mass is 213 g/mol. The third kappa shape index (κ3) is 2.40. The molecule has 1 aromatic heterocycles. The van der Waals surface area contributed by atoms with Crippen LogP contribution in [0.3, 0.4) is 0 Å². The molecule has 0 aliphatic rings. The normalized spacial score (nSPS) is 10.3. The van der Waals surface area contributed by atoms with Crippen molar-refractivity contribution in [2.45, 2.75) is 19.9 Å². The molecule has 1 aromatic carbocycles. The first-order valence-corrected chi connectivity index (χ1v) is 5.50. The third-order valence-corrected chi connectivity index (χ3v) is 2.71. The third-order valence-electron chi connectivity index (χ3n) is 2.71. The van der Waals surface area contributed by atoms with Gasteiger partial charge in [-0.05, 0) is 23.6 Å². The van der Waals surface area contributed by atoms with E-state index in [1.165, 1.54) is 11.1 Å². The first kappa shape index (κ1) is 10.7. The molecule has 16 heavy (non-hydrogen) atoms. The van der Waals surface area contributed by atoms with Crippen LogP contribution in [0.25, 0.3) is 0 Å². The van der Waals surface area contributed by atoms with E-state index in [2.05, 4.69) is 31.2 Å². The van der Waals surface area contributed by atoms with E-state index in [4.69, 9.17) is 0 Å². The number of carbonyl (C=O) groups excluding carboxylic acids is 1. The average molecular weight is 213 g/mol. The first-order chi connectivity index (χ1) is 7.81. The van der Waals surface area contributed by atoms with E-state index in [9.17, 15) is 4.79 Å². The van der Waals surface area contributed by atoms with Crippen LogP contribution in [-0.2, 0) is 13.0 Å². The van der Waals surface area contributed by atoms with Crippen molar-refractivity contribution in [3.63, 3.8) is 0 Å². The summed E-state index contributed by atoms with van der Waals surface area (Å²) in [4.78, 5) is 10.5. The molecule has 0 amide bonds. The number of hydrogen-bond donors (Lipinski definition) is 0. The van der Waals surface area contributed by atoms with Crippen molar-refractivity contribution < 1.29 is 4.79 Å². The van der Waals surface area contributed by atoms with E-state index >= 15 is 0 Å². The molecule has 0 unspecified atom stereocenters. The van der Waals surface area contributed by atoms with E-state index in [0.717, 1.165) is 24.8 Å². The molecular weight excluding hydrogens is 198 g/mol. The Morgan fingerprint density at radius 1 is 1.12 bits per heavy atom. The summed E-state index contributed by atoms with van der Waals surface area (Å²) in [6.07, 6.45) is 5.73. The molecule has 2 nitrogen and oxygen atoms in total. The largest absolute Gasteiger partial charge is 0.349 e. The van der Waals surface area contributed by atoms with Crippen LogP contribution in [0.1, 0.15) is 28.4 Å². The minimum Gasteiger partial charge on any atom is -0.349 e. The molecule has 0 radical (unpaired) electrons. The van der Waals surface area contributed by atoms with Gasteiger partial charge in [-0.25, -0.2) is 0 Å². The SMILES string of the molecule is CCc1ccc(Cn2ccc(C=O)c2)cc1. The van der Waals surface area contributed by atoms with Crippen molar-refractivity contribution in [2.75, 3.05) is 0 Å². The lowest BCUT2D eigenvalue weighted by Gasteiger charge is -2.04. The number of hydrogen-bond acceptors (Lipinski definition) is 1. The van der Waals surface area contributed by atoms with Crippen LogP contribution in [0.2, 0.25) is 0 Å². The van der Waals surface area contributed by atoms with Crippen LogP contribution in [0, 0.1) is 0 Å². The maximum atomic E-state index is 10.5. The fourth-order valence-electron chi connectivity index (χ4n) is 1.72. The van der Waals surface area contributed by atoms with Gasteiger partial charge in [-0.15, -0.1) is 0 Å². The second-order valence-electron chi connectivity index (χ2n) is 3.91. The standard InChI is InChI=1S/C14H15NO/c1-2-12-3-5-13(6-4-12)9-15-8-7-14(10-15)11-16/h3-8,10-11H,2,9H2,1H3. The van der Waals surface area contributed by atoms with Crippen LogP contribution >= 0.6 is 0 Å². The van der Waals surface area contributed by atoms with Crippen LogP contribution in [0.5, 0.6) is 0 Å². The van der Waals surface area contributed by atoms with Crippen molar-refractivity contribution in [3.8, 4) is 0 Å².